The molecule has 0 bridgehead atoms. The van der Waals surface area contributed by atoms with Gasteiger partial charge in [0.2, 0.25) is 0 Å². The van der Waals surface area contributed by atoms with Gasteiger partial charge >= 0.3 is 0 Å². The quantitative estimate of drug-likeness (QED) is 0.771. The maximum absolute atomic E-state index is 12.2. The van der Waals surface area contributed by atoms with Gasteiger partial charge in [-0.15, -0.1) is 0 Å². The molecular weight excluding hydrogens is 347 g/mol. The van der Waals surface area contributed by atoms with Crippen LogP contribution in [-0.2, 0) is 13.6 Å². The molecule has 0 unspecified atom stereocenters. The van der Waals surface area contributed by atoms with Crippen LogP contribution in [0.3, 0.4) is 0 Å². The first-order chi connectivity index (χ1) is 11.5. The van der Waals surface area contributed by atoms with E-state index in [0.29, 0.717) is 22.2 Å². The first kappa shape index (κ1) is 16.5. The van der Waals surface area contributed by atoms with E-state index in [-0.39, 0.29) is 5.91 Å². The summed E-state index contributed by atoms with van der Waals surface area (Å²) in [4.78, 5) is 16.5. The number of amides is 1. The van der Waals surface area contributed by atoms with Crippen LogP contribution in [0.4, 0.5) is 0 Å². The Kier molecular flexibility index (Phi) is 4.83. The molecule has 1 N–H and O–H groups in total. The Labute approximate surface area is 149 Å². The topological polar surface area (TPSA) is 59.8 Å². The third-order valence-corrected chi connectivity index (χ3v) is 3.85. The van der Waals surface area contributed by atoms with E-state index in [0.717, 1.165) is 17.1 Å². The molecule has 0 aliphatic rings. The molecule has 3 rings (SSSR count). The van der Waals surface area contributed by atoms with Crippen molar-refractivity contribution in [2.45, 2.75) is 6.54 Å². The predicted octanol–water partition coefficient (Wildman–Crippen LogP) is 3.72. The van der Waals surface area contributed by atoms with E-state index in [1.165, 1.54) is 0 Å². The van der Waals surface area contributed by atoms with Crippen LogP contribution in [0.1, 0.15) is 16.1 Å². The zero-order valence-electron chi connectivity index (χ0n) is 12.8. The van der Waals surface area contributed by atoms with Gasteiger partial charge < -0.3 is 5.32 Å². The minimum absolute atomic E-state index is 0.260. The fourth-order valence-electron chi connectivity index (χ4n) is 2.32. The summed E-state index contributed by atoms with van der Waals surface area (Å²) < 4.78 is 1.74. The summed E-state index contributed by atoms with van der Waals surface area (Å²) in [5.74, 6) is -0.260. The molecule has 2 heterocycles. The number of hydrogen-bond donors (Lipinski definition) is 1. The van der Waals surface area contributed by atoms with Gasteiger partial charge in [-0.3, -0.25) is 14.5 Å². The molecule has 0 spiro atoms. The number of carbonyl (C=O) groups excluding carboxylic acids is 1. The van der Waals surface area contributed by atoms with E-state index in [4.69, 9.17) is 23.2 Å². The molecule has 7 heteroatoms. The monoisotopic (exact) mass is 360 g/mol. The van der Waals surface area contributed by atoms with Crippen molar-refractivity contribution in [3.63, 3.8) is 0 Å². The van der Waals surface area contributed by atoms with Gasteiger partial charge in [0.15, 0.2) is 0 Å². The van der Waals surface area contributed by atoms with Crippen molar-refractivity contribution in [1.82, 2.24) is 20.1 Å². The first-order valence-electron chi connectivity index (χ1n) is 7.21. The summed E-state index contributed by atoms with van der Waals surface area (Å²) >= 11 is 11.8. The predicted molar refractivity (Wildman–Crippen MR) is 94.1 cm³/mol. The van der Waals surface area contributed by atoms with Crippen molar-refractivity contribution in [3.8, 4) is 11.4 Å². The van der Waals surface area contributed by atoms with Crippen molar-refractivity contribution >= 4 is 29.1 Å². The van der Waals surface area contributed by atoms with Crippen LogP contribution in [0.15, 0.2) is 48.7 Å². The zero-order chi connectivity index (χ0) is 17.1. The highest BCUT2D eigenvalue weighted by atomic mass is 35.5. The van der Waals surface area contributed by atoms with Crippen LogP contribution < -0.4 is 5.32 Å². The Hall–Kier alpha value is -2.37. The van der Waals surface area contributed by atoms with Crippen molar-refractivity contribution in [2.24, 2.45) is 7.05 Å². The number of carbonyl (C=O) groups is 1. The zero-order valence-corrected chi connectivity index (χ0v) is 14.3. The minimum atomic E-state index is -0.260. The maximum Gasteiger partial charge on any atom is 0.251 e. The van der Waals surface area contributed by atoms with Crippen molar-refractivity contribution in [3.05, 3.63) is 70.0 Å². The number of rotatable bonds is 4. The largest absolute Gasteiger partial charge is 0.346 e. The average Bonchev–Trinajstić information content (AvgIpc) is 2.93. The number of nitrogens with one attached hydrogen (secondary N) is 1. The molecular formula is C17H14Cl2N4O. The smallest absolute Gasteiger partial charge is 0.251 e. The lowest BCUT2D eigenvalue weighted by molar-refractivity contribution is 0.0950. The Balaban J connectivity index is 1.72. The summed E-state index contributed by atoms with van der Waals surface area (Å²) in [5, 5.41) is 8.05. The summed E-state index contributed by atoms with van der Waals surface area (Å²) in [6.07, 6.45) is 1.73. The van der Waals surface area contributed by atoms with Crippen LogP contribution in [0.5, 0.6) is 0 Å². The van der Waals surface area contributed by atoms with Gasteiger partial charge in [0.25, 0.3) is 5.91 Å². The number of nitrogens with zero attached hydrogens (tertiary/aromatic N) is 3. The third-order valence-electron chi connectivity index (χ3n) is 3.41. The molecule has 122 valence electrons. The van der Waals surface area contributed by atoms with E-state index in [1.807, 2.05) is 31.3 Å². The lowest BCUT2D eigenvalue weighted by atomic mass is 10.2. The second-order valence-electron chi connectivity index (χ2n) is 5.20. The Bertz CT molecular complexity index is 857. The van der Waals surface area contributed by atoms with Gasteiger partial charge in [-0.25, -0.2) is 0 Å². The molecule has 3 aromatic rings. The lowest BCUT2D eigenvalue weighted by Gasteiger charge is -2.04. The molecule has 0 aliphatic carbocycles. The highest BCUT2D eigenvalue weighted by Gasteiger charge is 2.11. The molecule has 0 saturated heterocycles. The number of aryl methyl sites for hydroxylation is 1. The standard InChI is InChI=1S/C17H14Cl2N4O/c1-23-16(15-4-2-3-5-20-15)9-14(22-23)10-21-17(24)11-6-12(18)8-13(19)7-11/h2-9H,10H2,1H3,(H,21,24). The van der Waals surface area contributed by atoms with Gasteiger partial charge in [0.05, 0.1) is 23.6 Å². The summed E-state index contributed by atoms with van der Waals surface area (Å²) in [6.45, 7) is 0.295. The molecule has 0 fully saturated rings. The first-order valence-corrected chi connectivity index (χ1v) is 7.97. The average molecular weight is 361 g/mol. The SMILES string of the molecule is Cn1nc(CNC(=O)c2cc(Cl)cc(Cl)c2)cc1-c1ccccn1. The molecule has 1 amide bonds. The van der Waals surface area contributed by atoms with E-state index in [2.05, 4.69) is 15.4 Å². The molecule has 0 atom stereocenters. The van der Waals surface area contributed by atoms with Crippen LogP contribution in [0, 0.1) is 0 Å². The molecule has 2 aromatic heterocycles. The third kappa shape index (κ3) is 3.75. The molecule has 0 radical (unpaired) electrons. The Morgan fingerprint density at radius 1 is 1.17 bits per heavy atom. The van der Waals surface area contributed by atoms with Gasteiger partial charge in [-0.1, -0.05) is 29.3 Å². The van der Waals surface area contributed by atoms with E-state index < -0.39 is 0 Å². The van der Waals surface area contributed by atoms with Crippen LogP contribution >= 0.6 is 23.2 Å². The molecule has 0 aliphatic heterocycles. The molecule has 5 nitrogen and oxygen atoms in total. The van der Waals surface area contributed by atoms with Gasteiger partial charge in [0, 0.05) is 28.9 Å². The molecule has 24 heavy (non-hydrogen) atoms. The minimum Gasteiger partial charge on any atom is -0.346 e. The highest BCUT2D eigenvalue weighted by molar-refractivity contribution is 6.35. The van der Waals surface area contributed by atoms with Crippen LogP contribution in [0.2, 0.25) is 10.0 Å². The maximum atomic E-state index is 12.2. The fourth-order valence-corrected chi connectivity index (χ4v) is 2.85. The number of aromatic nitrogens is 3. The second kappa shape index (κ2) is 7.03. The van der Waals surface area contributed by atoms with E-state index in [1.54, 1.807) is 29.1 Å². The number of benzene rings is 1. The van der Waals surface area contributed by atoms with E-state index in [9.17, 15) is 4.79 Å². The molecule has 1 aromatic carbocycles. The lowest BCUT2D eigenvalue weighted by Crippen LogP contribution is -2.23. The van der Waals surface area contributed by atoms with Crippen molar-refractivity contribution in [2.75, 3.05) is 0 Å². The normalized spacial score (nSPS) is 10.6. The summed E-state index contributed by atoms with van der Waals surface area (Å²) in [7, 11) is 1.84. The molecule has 0 saturated carbocycles. The second-order valence-corrected chi connectivity index (χ2v) is 6.07. The fraction of sp³-hybridized carbons (Fsp3) is 0.118. The van der Waals surface area contributed by atoms with Crippen LogP contribution in [0.25, 0.3) is 11.4 Å². The van der Waals surface area contributed by atoms with Crippen molar-refractivity contribution < 1.29 is 4.79 Å². The Morgan fingerprint density at radius 3 is 2.58 bits per heavy atom. The van der Waals surface area contributed by atoms with Gasteiger partial charge in [-0.2, -0.15) is 5.10 Å². The summed E-state index contributed by atoms with van der Waals surface area (Å²) in [6, 6.07) is 12.3. The van der Waals surface area contributed by atoms with E-state index >= 15 is 0 Å². The number of halogens is 2. The number of pyridine rings is 1. The van der Waals surface area contributed by atoms with Gasteiger partial charge in [0.1, 0.15) is 0 Å². The summed E-state index contributed by atoms with van der Waals surface area (Å²) in [5.41, 5.74) is 2.85. The van der Waals surface area contributed by atoms with Crippen molar-refractivity contribution in [1.29, 1.82) is 0 Å². The van der Waals surface area contributed by atoms with Crippen LogP contribution in [-0.4, -0.2) is 20.7 Å². The Morgan fingerprint density at radius 2 is 1.92 bits per heavy atom. The van der Waals surface area contributed by atoms with Gasteiger partial charge in [-0.05, 0) is 36.4 Å². The highest BCUT2D eigenvalue weighted by Crippen LogP contribution is 2.19. The number of hydrogen-bond acceptors (Lipinski definition) is 3.